The zero-order valence-electron chi connectivity index (χ0n) is 14.7. The van der Waals surface area contributed by atoms with E-state index in [9.17, 15) is 0 Å². The molecule has 0 saturated heterocycles. The van der Waals surface area contributed by atoms with Crippen molar-refractivity contribution in [3.8, 4) is 5.75 Å². The lowest BCUT2D eigenvalue weighted by atomic mass is 10.1. The number of nitrogens with one attached hydrogen (secondary N) is 1. The first-order valence-corrected chi connectivity index (χ1v) is 8.67. The van der Waals surface area contributed by atoms with E-state index < -0.39 is 0 Å². The summed E-state index contributed by atoms with van der Waals surface area (Å²) in [5.41, 5.74) is 4.62. The van der Waals surface area contributed by atoms with Gasteiger partial charge in [0, 0.05) is 28.7 Å². The first kappa shape index (κ1) is 15.5. The fourth-order valence-corrected chi connectivity index (χ4v) is 3.41. The van der Waals surface area contributed by atoms with Crippen LogP contribution in [0.15, 0.2) is 60.9 Å². The van der Waals surface area contributed by atoms with Crippen molar-refractivity contribution in [1.82, 2.24) is 19.9 Å². The fourth-order valence-electron chi connectivity index (χ4n) is 3.41. The van der Waals surface area contributed by atoms with Crippen LogP contribution in [0.1, 0.15) is 11.4 Å². The van der Waals surface area contributed by atoms with Gasteiger partial charge in [-0.2, -0.15) is 0 Å². The number of rotatable bonds is 3. The molecule has 5 nitrogen and oxygen atoms in total. The highest BCUT2D eigenvalue weighted by Gasteiger charge is 2.13. The highest BCUT2D eigenvalue weighted by molar-refractivity contribution is 6.20. The van der Waals surface area contributed by atoms with Gasteiger partial charge in [0.15, 0.2) is 0 Å². The average Bonchev–Trinajstić information content (AvgIpc) is 3.17. The molecule has 0 radical (unpaired) electrons. The number of fused-ring (bicyclic) bond motifs is 6. The Morgan fingerprint density at radius 1 is 0.815 bits per heavy atom. The quantitative estimate of drug-likeness (QED) is 0.472. The Morgan fingerprint density at radius 3 is 2.37 bits per heavy atom. The minimum atomic E-state index is 0.775. The molecule has 130 valence electrons. The van der Waals surface area contributed by atoms with E-state index in [1.165, 1.54) is 0 Å². The molecule has 5 heteroatoms. The molecule has 0 atom stereocenters. The summed E-state index contributed by atoms with van der Waals surface area (Å²) in [7, 11) is 1.67. The Labute approximate surface area is 155 Å². The summed E-state index contributed by atoms with van der Waals surface area (Å²) in [5, 5.41) is 2.01. The highest BCUT2D eigenvalue weighted by atomic mass is 16.5. The summed E-state index contributed by atoms with van der Waals surface area (Å²) >= 11 is 0. The van der Waals surface area contributed by atoms with Crippen molar-refractivity contribution in [2.24, 2.45) is 0 Å². The molecule has 0 aliphatic carbocycles. The van der Waals surface area contributed by atoms with Crippen molar-refractivity contribution < 1.29 is 4.74 Å². The molecule has 0 aliphatic rings. The predicted molar refractivity (Wildman–Crippen MR) is 109 cm³/mol. The van der Waals surface area contributed by atoms with Gasteiger partial charge in [-0.15, -0.1) is 0 Å². The predicted octanol–water partition coefficient (Wildman–Crippen LogP) is 4.84. The highest BCUT2D eigenvalue weighted by Crippen LogP contribution is 2.31. The molecule has 27 heavy (non-hydrogen) atoms. The Hall–Kier alpha value is -3.73. The summed E-state index contributed by atoms with van der Waals surface area (Å²) < 4.78 is 5.41. The summed E-state index contributed by atoms with van der Waals surface area (Å²) in [4.78, 5) is 17.3. The number of hydrogen-bond donors (Lipinski definition) is 1. The smallest absolute Gasteiger partial charge is 0.131 e. The standard InChI is InChI=1S/C22H16N4O/c1-27-17-9-3-2-6-14(17)10-11-18-25-21-15-7-4-12-23-19(15)20-16(22(21)26-18)8-5-13-24-20/h2-13H,1H3,(H,25,26)/b11-10+. The molecular weight excluding hydrogens is 336 g/mol. The van der Waals surface area contributed by atoms with Crippen LogP contribution < -0.4 is 4.74 Å². The SMILES string of the molecule is COc1ccccc1/C=C/c1nc2c3cccnc3c3ncccc3c2[nH]1. The number of para-hydroxylation sites is 1. The van der Waals surface area contributed by atoms with Gasteiger partial charge in [-0.05, 0) is 42.5 Å². The van der Waals surface area contributed by atoms with Crippen LogP contribution in [0.25, 0.3) is 45.0 Å². The van der Waals surface area contributed by atoms with Crippen LogP contribution >= 0.6 is 0 Å². The Balaban J connectivity index is 1.73. The number of benzene rings is 2. The third-order valence-electron chi connectivity index (χ3n) is 4.65. The second-order valence-electron chi connectivity index (χ2n) is 6.22. The third-order valence-corrected chi connectivity index (χ3v) is 4.65. The molecule has 0 saturated carbocycles. The second kappa shape index (κ2) is 6.21. The van der Waals surface area contributed by atoms with Gasteiger partial charge in [0.25, 0.3) is 0 Å². The number of ether oxygens (including phenoxy) is 1. The van der Waals surface area contributed by atoms with Crippen LogP contribution in [0.4, 0.5) is 0 Å². The first-order valence-electron chi connectivity index (χ1n) is 8.67. The molecule has 3 aromatic heterocycles. The Bertz CT molecular complexity index is 1250. The third kappa shape index (κ3) is 2.52. The van der Waals surface area contributed by atoms with Gasteiger partial charge in [0.05, 0.1) is 29.2 Å². The molecule has 0 spiro atoms. The van der Waals surface area contributed by atoms with E-state index in [0.717, 1.165) is 50.0 Å². The number of methoxy groups -OCH3 is 1. The molecule has 0 aliphatic heterocycles. The van der Waals surface area contributed by atoms with Crippen LogP contribution in [0.3, 0.4) is 0 Å². The lowest BCUT2D eigenvalue weighted by molar-refractivity contribution is 0.414. The molecule has 1 N–H and O–H groups in total. The second-order valence-corrected chi connectivity index (χ2v) is 6.22. The minimum Gasteiger partial charge on any atom is -0.496 e. The van der Waals surface area contributed by atoms with E-state index in [4.69, 9.17) is 9.72 Å². The van der Waals surface area contributed by atoms with E-state index in [-0.39, 0.29) is 0 Å². The number of hydrogen-bond acceptors (Lipinski definition) is 4. The molecule has 5 aromatic rings. The van der Waals surface area contributed by atoms with Crippen molar-refractivity contribution >= 4 is 45.0 Å². The molecule has 0 amide bonds. The van der Waals surface area contributed by atoms with Crippen molar-refractivity contribution in [3.05, 3.63) is 72.3 Å². The van der Waals surface area contributed by atoms with Crippen molar-refractivity contribution in [2.45, 2.75) is 0 Å². The molecular formula is C22H16N4O. The van der Waals surface area contributed by atoms with E-state index >= 15 is 0 Å². The number of nitrogens with zero attached hydrogens (tertiary/aromatic N) is 3. The maximum Gasteiger partial charge on any atom is 0.131 e. The number of imidazole rings is 1. The summed E-state index contributed by atoms with van der Waals surface area (Å²) in [6, 6.07) is 15.8. The molecule has 3 heterocycles. The van der Waals surface area contributed by atoms with Crippen molar-refractivity contribution in [1.29, 1.82) is 0 Å². The number of aromatic amines is 1. The first-order chi connectivity index (χ1) is 13.3. The molecule has 0 bridgehead atoms. The Kier molecular flexibility index (Phi) is 3.57. The van der Waals surface area contributed by atoms with Crippen LogP contribution in [0.2, 0.25) is 0 Å². The van der Waals surface area contributed by atoms with Gasteiger partial charge in [0.1, 0.15) is 11.6 Å². The van der Waals surface area contributed by atoms with Crippen LogP contribution in [0, 0.1) is 0 Å². The Morgan fingerprint density at radius 2 is 1.56 bits per heavy atom. The van der Waals surface area contributed by atoms with Crippen LogP contribution in [-0.2, 0) is 0 Å². The summed E-state index contributed by atoms with van der Waals surface area (Å²) in [6.45, 7) is 0. The van der Waals surface area contributed by atoms with Crippen LogP contribution in [-0.4, -0.2) is 27.0 Å². The fraction of sp³-hybridized carbons (Fsp3) is 0.0455. The van der Waals surface area contributed by atoms with Gasteiger partial charge >= 0.3 is 0 Å². The molecule has 5 rings (SSSR count). The lowest BCUT2D eigenvalue weighted by Gasteiger charge is -2.03. The van der Waals surface area contributed by atoms with Crippen molar-refractivity contribution in [2.75, 3.05) is 7.11 Å². The van der Waals surface area contributed by atoms with E-state index in [2.05, 4.69) is 15.0 Å². The normalized spacial score (nSPS) is 11.7. The average molecular weight is 352 g/mol. The van der Waals surface area contributed by atoms with Gasteiger partial charge in [0.2, 0.25) is 0 Å². The number of pyridine rings is 2. The van der Waals surface area contributed by atoms with Crippen LogP contribution in [0.5, 0.6) is 5.75 Å². The topological polar surface area (TPSA) is 63.7 Å². The molecule has 2 aromatic carbocycles. The van der Waals surface area contributed by atoms with E-state index in [1.54, 1.807) is 19.5 Å². The maximum atomic E-state index is 5.41. The molecule has 0 unspecified atom stereocenters. The maximum absolute atomic E-state index is 5.41. The van der Waals surface area contributed by atoms with Gasteiger partial charge < -0.3 is 9.72 Å². The zero-order valence-corrected chi connectivity index (χ0v) is 14.7. The lowest BCUT2D eigenvalue weighted by Crippen LogP contribution is -1.86. The summed E-state index contributed by atoms with van der Waals surface area (Å²) in [6.07, 6.45) is 7.54. The van der Waals surface area contributed by atoms with E-state index in [0.29, 0.717) is 0 Å². The molecule has 0 fully saturated rings. The monoisotopic (exact) mass is 352 g/mol. The van der Waals surface area contributed by atoms with Gasteiger partial charge in [-0.3, -0.25) is 9.97 Å². The van der Waals surface area contributed by atoms with E-state index in [1.807, 2.05) is 60.7 Å². The largest absolute Gasteiger partial charge is 0.496 e. The number of aromatic nitrogens is 4. The zero-order chi connectivity index (χ0) is 18.2. The summed E-state index contributed by atoms with van der Waals surface area (Å²) in [5.74, 6) is 1.60. The minimum absolute atomic E-state index is 0.775. The van der Waals surface area contributed by atoms with Crippen molar-refractivity contribution in [3.63, 3.8) is 0 Å². The van der Waals surface area contributed by atoms with Gasteiger partial charge in [-0.25, -0.2) is 4.98 Å². The number of H-pyrrole nitrogens is 1. The van der Waals surface area contributed by atoms with Gasteiger partial charge in [-0.1, -0.05) is 18.2 Å².